The lowest BCUT2D eigenvalue weighted by atomic mass is 9.80. The Morgan fingerprint density at radius 2 is 2.40 bits per heavy atom. The maximum atomic E-state index is 6.31. The summed E-state index contributed by atoms with van der Waals surface area (Å²) in [5.74, 6) is 0.475. The summed E-state index contributed by atoms with van der Waals surface area (Å²) < 4.78 is 11.6. The third-order valence-corrected chi connectivity index (χ3v) is 4.78. The predicted molar refractivity (Wildman–Crippen MR) is 77.9 cm³/mol. The highest BCUT2D eigenvalue weighted by Crippen LogP contribution is 2.41. The van der Waals surface area contributed by atoms with Gasteiger partial charge in [-0.2, -0.15) is 0 Å². The van der Waals surface area contributed by atoms with E-state index in [1.807, 2.05) is 19.2 Å². The lowest BCUT2D eigenvalue weighted by Gasteiger charge is -2.40. The van der Waals surface area contributed by atoms with Crippen molar-refractivity contribution in [2.45, 2.75) is 30.9 Å². The Morgan fingerprint density at radius 3 is 3.10 bits per heavy atom. The molecule has 2 aliphatic rings. The summed E-state index contributed by atoms with van der Waals surface area (Å²) in [6, 6.07) is 3.95. The highest BCUT2D eigenvalue weighted by atomic mass is 35.5. The molecule has 1 aromatic heterocycles. The van der Waals surface area contributed by atoms with Crippen LogP contribution in [0.4, 0.5) is 0 Å². The summed E-state index contributed by atoms with van der Waals surface area (Å²) in [7, 11) is 1.98. The van der Waals surface area contributed by atoms with Crippen LogP contribution in [0.3, 0.4) is 0 Å². The van der Waals surface area contributed by atoms with E-state index in [0.717, 1.165) is 49.8 Å². The van der Waals surface area contributed by atoms with Gasteiger partial charge in [-0.25, -0.2) is 0 Å². The monoisotopic (exact) mass is 296 g/mol. The van der Waals surface area contributed by atoms with Gasteiger partial charge in [0, 0.05) is 25.8 Å². The summed E-state index contributed by atoms with van der Waals surface area (Å²) in [6.07, 6.45) is 4.83. The highest BCUT2D eigenvalue weighted by Gasteiger charge is 2.43. The second-order valence-electron chi connectivity index (χ2n) is 5.72. The molecule has 5 heteroatoms. The number of ether oxygens (including phenoxy) is 2. The van der Waals surface area contributed by atoms with E-state index in [2.05, 4.69) is 10.3 Å². The highest BCUT2D eigenvalue weighted by molar-refractivity contribution is 6.31. The lowest BCUT2D eigenvalue weighted by molar-refractivity contribution is -0.103. The Hall–Kier alpha value is -0.680. The minimum absolute atomic E-state index is 0.0841. The molecule has 2 saturated heterocycles. The van der Waals surface area contributed by atoms with Gasteiger partial charge >= 0.3 is 0 Å². The molecule has 2 aliphatic heterocycles. The molecule has 1 aromatic rings. The maximum Gasteiger partial charge on any atom is 0.0940 e. The van der Waals surface area contributed by atoms with Gasteiger partial charge in [-0.05, 0) is 37.9 Å². The number of rotatable bonds is 3. The molecule has 1 spiro atoms. The molecule has 2 fully saturated rings. The second kappa shape index (κ2) is 5.98. The molecule has 0 aromatic carbocycles. The van der Waals surface area contributed by atoms with Crippen LogP contribution in [-0.4, -0.2) is 37.5 Å². The van der Waals surface area contributed by atoms with E-state index in [-0.39, 0.29) is 11.6 Å². The van der Waals surface area contributed by atoms with Gasteiger partial charge in [0.15, 0.2) is 0 Å². The Balaban J connectivity index is 1.81. The van der Waals surface area contributed by atoms with Gasteiger partial charge in [0.2, 0.25) is 0 Å². The van der Waals surface area contributed by atoms with Crippen LogP contribution >= 0.6 is 11.6 Å². The van der Waals surface area contributed by atoms with Crippen LogP contribution in [0, 0.1) is 5.92 Å². The van der Waals surface area contributed by atoms with Gasteiger partial charge in [0.25, 0.3) is 0 Å². The third kappa shape index (κ3) is 2.70. The van der Waals surface area contributed by atoms with Crippen molar-refractivity contribution in [1.82, 2.24) is 10.3 Å². The average Bonchev–Trinajstić information content (AvgIpc) is 2.90. The van der Waals surface area contributed by atoms with E-state index in [1.54, 1.807) is 6.20 Å². The van der Waals surface area contributed by atoms with Gasteiger partial charge in [-0.1, -0.05) is 11.6 Å². The fourth-order valence-electron chi connectivity index (χ4n) is 3.44. The van der Waals surface area contributed by atoms with Crippen molar-refractivity contribution < 1.29 is 9.47 Å². The number of nitrogens with zero attached hydrogens (tertiary/aromatic N) is 1. The Kier molecular flexibility index (Phi) is 4.26. The van der Waals surface area contributed by atoms with E-state index in [0.29, 0.717) is 5.92 Å². The fourth-order valence-corrected chi connectivity index (χ4v) is 3.67. The van der Waals surface area contributed by atoms with E-state index in [1.165, 1.54) is 0 Å². The fraction of sp³-hybridized carbons (Fsp3) is 0.667. The van der Waals surface area contributed by atoms with Crippen LogP contribution in [0.25, 0.3) is 0 Å². The molecule has 3 atom stereocenters. The van der Waals surface area contributed by atoms with Crippen molar-refractivity contribution in [2.24, 2.45) is 5.92 Å². The molecule has 0 aliphatic carbocycles. The number of pyridine rings is 1. The van der Waals surface area contributed by atoms with Crippen molar-refractivity contribution >= 4 is 11.6 Å². The summed E-state index contributed by atoms with van der Waals surface area (Å²) in [6.45, 7) is 2.31. The van der Waals surface area contributed by atoms with Crippen LogP contribution in [-0.2, 0) is 9.47 Å². The predicted octanol–water partition coefficient (Wildman–Crippen LogP) is 2.58. The standard InChI is InChI=1S/C15H21ClN2O2/c1-17-13(14-12(16)3-2-6-18-14)11-4-7-20-15(9-11)5-8-19-10-15/h2-3,6,11,13,17H,4-5,7-10H2,1H3. The Morgan fingerprint density at radius 1 is 1.50 bits per heavy atom. The summed E-state index contributed by atoms with van der Waals surface area (Å²) >= 11 is 6.31. The Labute approximate surface area is 124 Å². The first-order valence-corrected chi connectivity index (χ1v) is 7.61. The topological polar surface area (TPSA) is 43.4 Å². The normalized spacial score (nSPS) is 31.6. The zero-order valence-corrected chi connectivity index (χ0v) is 12.5. The van der Waals surface area contributed by atoms with Crippen LogP contribution in [0.15, 0.2) is 18.3 Å². The Bertz CT molecular complexity index is 463. The van der Waals surface area contributed by atoms with Gasteiger partial charge in [-0.15, -0.1) is 0 Å². The van der Waals surface area contributed by atoms with Crippen molar-refractivity contribution in [3.8, 4) is 0 Å². The van der Waals surface area contributed by atoms with Crippen LogP contribution in [0.1, 0.15) is 31.0 Å². The lowest BCUT2D eigenvalue weighted by Crippen LogP contribution is -2.43. The number of hydrogen-bond acceptors (Lipinski definition) is 4. The summed E-state index contributed by atoms with van der Waals surface area (Å²) in [5, 5.41) is 4.12. The molecular formula is C15H21ClN2O2. The molecule has 3 rings (SSSR count). The number of hydrogen-bond donors (Lipinski definition) is 1. The van der Waals surface area contributed by atoms with E-state index >= 15 is 0 Å². The maximum absolute atomic E-state index is 6.31. The van der Waals surface area contributed by atoms with Crippen molar-refractivity contribution in [3.05, 3.63) is 29.0 Å². The first-order chi connectivity index (χ1) is 9.74. The molecule has 20 heavy (non-hydrogen) atoms. The van der Waals surface area contributed by atoms with Gasteiger partial charge in [-0.3, -0.25) is 4.98 Å². The smallest absolute Gasteiger partial charge is 0.0940 e. The molecule has 4 nitrogen and oxygen atoms in total. The van der Waals surface area contributed by atoms with Gasteiger partial charge in [0.1, 0.15) is 0 Å². The molecule has 110 valence electrons. The average molecular weight is 297 g/mol. The van der Waals surface area contributed by atoms with E-state index in [9.17, 15) is 0 Å². The first kappa shape index (κ1) is 14.3. The molecule has 1 N–H and O–H groups in total. The number of nitrogens with one attached hydrogen (secondary N) is 1. The van der Waals surface area contributed by atoms with Crippen LogP contribution in [0.5, 0.6) is 0 Å². The number of halogens is 1. The molecule has 3 heterocycles. The SMILES string of the molecule is CNC(c1ncccc1Cl)C1CCOC2(CCOC2)C1. The van der Waals surface area contributed by atoms with E-state index < -0.39 is 0 Å². The zero-order valence-electron chi connectivity index (χ0n) is 11.8. The van der Waals surface area contributed by atoms with Crippen molar-refractivity contribution in [1.29, 1.82) is 0 Å². The molecule has 3 unspecified atom stereocenters. The summed E-state index contributed by atoms with van der Waals surface area (Å²) in [4.78, 5) is 4.47. The van der Waals surface area contributed by atoms with Gasteiger partial charge in [0.05, 0.1) is 29.0 Å². The van der Waals surface area contributed by atoms with Crippen LogP contribution in [0.2, 0.25) is 5.02 Å². The van der Waals surface area contributed by atoms with E-state index in [4.69, 9.17) is 21.1 Å². The minimum atomic E-state index is -0.0841. The van der Waals surface area contributed by atoms with Crippen LogP contribution < -0.4 is 5.32 Å². The minimum Gasteiger partial charge on any atom is -0.378 e. The first-order valence-electron chi connectivity index (χ1n) is 7.23. The quantitative estimate of drug-likeness (QED) is 0.931. The molecule has 0 amide bonds. The third-order valence-electron chi connectivity index (χ3n) is 4.46. The summed E-state index contributed by atoms with van der Waals surface area (Å²) in [5.41, 5.74) is 0.858. The second-order valence-corrected chi connectivity index (χ2v) is 6.13. The van der Waals surface area contributed by atoms with Crippen molar-refractivity contribution in [2.75, 3.05) is 26.9 Å². The van der Waals surface area contributed by atoms with Gasteiger partial charge < -0.3 is 14.8 Å². The molecule has 0 saturated carbocycles. The van der Waals surface area contributed by atoms with Crippen molar-refractivity contribution in [3.63, 3.8) is 0 Å². The zero-order chi connectivity index (χ0) is 14.0. The molecule has 0 radical (unpaired) electrons. The largest absolute Gasteiger partial charge is 0.378 e. The molecular weight excluding hydrogens is 276 g/mol. The molecule has 0 bridgehead atoms. The number of aromatic nitrogens is 1.